The maximum Gasteiger partial charge on any atom is 0.294 e. The quantitative estimate of drug-likeness (QED) is 0.0175. The average Bonchev–Trinajstić information content (AvgIpc) is 4.09. The molecule has 0 atom stereocenters. The van der Waals surface area contributed by atoms with Gasteiger partial charge in [-0.3, -0.25) is 18.6 Å². The van der Waals surface area contributed by atoms with Gasteiger partial charge in [0.25, 0.3) is 30.4 Å². The Morgan fingerprint density at radius 3 is 2.01 bits per heavy atom. The molecule has 0 bridgehead atoms. The predicted molar refractivity (Wildman–Crippen MR) is 289 cm³/mol. The summed E-state index contributed by atoms with van der Waals surface area (Å²) in [6.07, 6.45) is 0.872. The monoisotopic (exact) mass is 1150 g/mol. The standard InChI is InChI=1S/C48H48N10O12S6/c1-9-26-13-19-37(75(63,64)65)30(11-3)41(26)53-44-40(54-55-45-32(24-49)43(48(6,7)8)56-58(45)47-51-33-17-15-28(73-70-69-59)22-35(33)72-47)25(5)21-39(52-44)57(42-27(10-2)14-20-38(31(42)12-4)76(66,67)68)46-50-34-18-16-29(74(60,61)62)23-36(34)71-46/h13-23,59H,9-12H2,1-8H3,(H,52,53)(H,60,61,62)(H,63,64,65)(H,66,67,68)/b55-54+. The molecule has 0 unspecified atom stereocenters. The highest BCUT2D eigenvalue weighted by atomic mass is 32.2. The summed E-state index contributed by atoms with van der Waals surface area (Å²) in [7, 11) is -14.3. The fourth-order valence-corrected chi connectivity index (χ4v) is 13.2. The van der Waals surface area contributed by atoms with Crippen LogP contribution in [0.3, 0.4) is 0 Å². The number of nitriles is 1. The third kappa shape index (κ3) is 11.1. The lowest BCUT2D eigenvalue weighted by Gasteiger charge is -2.28. The Morgan fingerprint density at radius 2 is 1.41 bits per heavy atom. The van der Waals surface area contributed by atoms with Crippen LogP contribution in [0.4, 0.5) is 39.6 Å². The Hall–Kier alpha value is -6.33. The Morgan fingerprint density at radius 1 is 0.776 bits per heavy atom. The molecule has 0 aliphatic rings. The van der Waals surface area contributed by atoms with Crippen LogP contribution in [0.25, 0.3) is 25.6 Å². The summed E-state index contributed by atoms with van der Waals surface area (Å²) < 4.78 is 115. The van der Waals surface area contributed by atoms with E-state index in [4.69, 9.17) is 35.5 Å². The molecule has 8 rings (SSSR count). The molecule has 4 aromatic heterocycles. The molecule has 0 spiro atoms. The van der Waals surface area contributed by atoms with Crippen LogP contribution in [-0.2, 0) is 70.8 Å². The minimum absolute atomic E-state index is 0.00745. The Bertz CT molecular complexity index is 4030. The van der Waals surface area contributed by atoms with Crippen molar-refractivity contribution in [1.82, 2.24) is 24.7 Å². The van der Waals surface area contributed by atoms with Gasteiger partial charge in [0.2, 0.25) is 5.13 Å². The number of hydrogen-bond donors (Lipinski definition) is 5. The number of aryl methyl sites for hydroxylation is 3. The second-order valence-electron chi connectivity index (χ2n) is 17.9. The van der Waals surface area contributed by atoms with Crippen molar-refractivity contribution < 1.29 is 53.5 Å². The van der Waals surface area contributed by atoms with E-state index in [-0.39, 0.29) is 79.0 Å². The van der Waals surface area contributed by atoms with Crippen LogP contribution in [0.15, 0.2) is 96.5 Å². The minimum atomic E-state index is -4.84. The van der Waals surface area contributed by atoms with Crippen LogP contribution in [0.2, 0.25) is 0 Å². The fourth-order valence-electron chi connectivity index (χ4n) is 8.54. The fraction of sp³-hybridized carbons (Fsp3) is 0.271. The van der Waals surface area contributed by atoms with Gasteiger partial charge in [-0.2, -0.15) is 40.3 Å². The first-order chi connectivity index (χ1) is 35.8. The summed E-state index contributed by atoms with van der Waals surface area (Å²) in [5.41, 5.74) is 3.19. The summed E-state index contributed by atoms with van der Waals surface area (Å²) in [5, 5.41) is 41.5. The highest BCUT2D eigenvalue weighted by Gasteiger charge is 2.32. The van der Waals surface area contributed by atoms with Gasteiger partial charge in [-0.25, -0.2) is 20.2 Å². The van der Waals surface area contributed by atoms with Crippen LogP contribution < -0.4 is 10.2 Å². The van der Waals surface area contributed by atoms with Crippen molar-refractivity contribution in [2.75, 3.05) is 10.2 Å². The number of benzene rings is 4. The SMILES string of the molecule is CCc1ccc(S(=O)(=O)O)c(CC)c1Nc1nc(N(c2nc3ccc(S(=O)(=O)O)cc3s2)c2c(CC)ccc(S(=O)(=O)O)c2CC)cc(C)c1/N=N/c1c(C#N)c(C(C)(C)C)nn1-c1nc2ccc(SOOO)cc2s1. The molecule has 28 heteroatoms. The first-order valence-electron chi connectivity index (χ1n) is 23.1. The Kier molecular flexibility index (Phi) is 15.9. The first kappa shape index (κ1) is 55.9. The zero-order chi connectivity index (χ0) is 55.2. The third-order valence-corrected chi connectivity index (χ3v) is 17.3. The van der Waals surface area contributed by atoms with Gasteiger partial charge in [-0.1, -0.05) is 88.3 Å². The van der Waals surface area contributed by atoms with Gasteiger partial charge in [0.05, 0.1) is 58.5 Å². The molecule has 4 aromatic carbocycles. The van der Waals surface area contributed by atoms with Gasteiger partial charge in [0.1, 0.15) is 23.1 Å². The molecule has 0 fully saturated rings. The molecule has 22 nitrogen and oxygen atoms in total. The van der Waals surface area contributed by atoms with Crippen molar-refractivity contribution in [2.45, 2.75) is 106 Å². The normalized spacial score (nSPS) is 12.6. The van der Waals surface area contributed by atoms with Gasteiger partial charge in [-0.15, -0.1) is 14.6 Å². The van der Waals surface area contributed by atoms with Crippen molar-refractivity contribution in [3.63, 3.8) is 0 Å². The van der Waals surface area contributed by atoms with Gasteiger partial charge in [0.15, 0.2) is 16.8 Å². The molecule has 76 heavy (non-hydrogen) atoms. The van der Waals surface area contributed by atoms with E-state index in [2.05, 4.69) is 20.8 Å². The molecule has 0 saturated carbocycles. The van der Waals surface area contributed by atoms with Crippen molar-refractivity contribution >= 4 is 125 Å². The number of anilines is 5. The summed E-state index contributed by atoms with van der Waals surface area (Å²) in [6.45, 7) is 14.4. The highest BCUT2D eigenvalue weighted by Crippen LogP contribution is 2.47. The zero-order valence-electron chi connectivity index (χ0n) is 41.7. The maximum atomic E-state index is 13.1. The lowest BCUT2D eigenvalue weighted by atomic mass is 9.90. The van der Waals surface area contributed by atoms with Crippen LogP contribution >= 0.6 is 34.7 Å². The Labute approximate surface area is 449 Å². The number of thiazole rings is 2. The van der Waals surface area contributed by atoms with E-state index in [1.54, 1.807) is 62.1 Å². The minimum Gasteiger partial charge on any atom is -0.338 e. The molecular formula is C48H48N10O12S6. The van der Waals surface area contributed by atoms with Crippen LogP contribution in [-0.4, -0.2) is 68.9 Å². The molecule has 4 heterocycles. The van der Waals surface area contributed by atoms with Crippen molar-refractivity contribution in [2.24, 2.45) is 10.2 Å². The number of hydrogen-bond acceptors (Lipinski definition) is 21. The van der Waals surface area contributed by atoms with Crippen LogP contribution in [0.1, 0.15) is 87.5 Å². The topological polar surface area (TPSA) is 322 Å². The predicted octanol–water partition coefficient (Wildman–Crippen LogP) is 12.0. The Balaban J connectivity index is 1.45. The number of rotatable bonds is 18. The lowest BCUT2D eigenvalue weighted by molar-refractivity contribution is -0.432. The average molecular weight is 1150 g/mol. The van der Waals surface area contributed by atoms with Crippen molar-refractivity contribution in [3.8, 4) is 11.2 Å². The van der Waals surface area contributed by atoms with E-state index in [1.807, 2.05) is 34.6 Å². The van der Waals surface area contributed by atoms with Crippen molar-refractivity contribution in [1.29, 1.82) is 5.26 Å². The second-order valence-corrected chi connectivity index (χ2v) is 24.9. The smallest absolute Gasteiger partial charge is 0.294 e. The number of azo groups is 1. The number of nitrogens with one attached hydrogen (secondary N) is 1. The number of aromatic nitrogens is 5. The van der Waals surface area contributed by atoms with Crippen LogP contribution in [0, 0.1) is 18.3 Å². The molecule has 0 aliphatic heterocycles. The van der Waals surface area contributed by atoms with E-state index in [0.717, 1.165) is 23.4 Å². The lowest BCUT2D eigenvalue weighted by Crippen LogP contribution is -2.18. The van der Waals surface area contributed by atoms with Gasteiger partial charge >= 0.3 is 0 Å². The maximum absolute atomic E-state index is 13.1. The van der Waals surface area contributed by atoms with Gasteiger partial charge in [0, 0.05) is 16.0 Å². The molecule has 0 saturated heterocycles. The molecule has 0 amide bonds. The summed E-state index contributed by atoms with van der Waals surface area (Å²) in [6, 6.07) is 18.6. The molecule has 0 radical (unpaired) electrons. The van der Waals surface area contributed by atoms with E-state index >= 15 is 0 Å². The van der Waals surface area contributed by atoms with E-state index < -0.39 is 40.7 Å². The number of pyridine rings is 1. The number of fused-ring (bicyclic) bond motifs is 2. The summed E-state index contributed by atoms with van der Waals surface area (Å²) >= 11 is 2.98. The first-order valence-corrected chi connectivity index (χ1v) is 29.8. The molecule has 5 N–H and O–H groups in total. The van der Waals surface area contributed by atoms with Gasteiger partial charge < -0.3 is 5.32 Å². The highest BCUT2D eigenvalue weighted by molar-refractivity contribution is 7.94. The largest absolute Gasteiger partial charge is 0.338 e. The molecule has 398 valence electrons. The molecular weight excluding hydrogens is 1100 g/mol. The van der Waals surface area contributed by atoms with E-state index in [1.165, 1.54) is 46.4 Å². The molecule has 0 aliphatic carbocycles. The molecule has 8 aromatic rings. The third-order valence-electron chi connectivity index (χ3n) is 12.0. The second kappa shape index (κ2) is 21.6. The van der Waals surface area contributed by atoms with E-state index in [9.17, 15) is 44.2 Å². The summed E-state index contributed by atoms with van der Waals surface area (Å²) in [4.78, 5) is 15.8. The summed E-state index contributed by atoms with van der Waals surface area (Å²) in [5.74, 6) is 0.0248. The van der Waals surface area contributed by atoms with Crippen molar-refractivity contribution in [3.05, 3.63) is 106 Å². The zero-order valence-corrected chi connectivity index (χ0v) is 46.6. The van der Waals surface area contributed by atoms with Crippen LogP contribution in [0.5, 0.6) is 0 Å². The van der Waals surface area contributed by atoms with Gasteiger partial charge in [-0.05, 0) is 115 Å². The van der Waals surface area contributed by atoms with E-state index in [0.29, 0.717) is 65.7 Å². The number of nitrogens with zero attached hydrogens (tertiary/aromatic N) is 9.